The van der Waals surface area contributed by atoms with Crippen LogP contribution in [0.4, 0.5) is 11.8 Å². The maximum absolute atomic E-state index is 5.47. The van der Waals surface area contributed by atoms with Crippen LogP contribution in [-0.2, 0) is 13.0 Å². The molecule has 7 nitrogen and oxygen atoms in total. The van der Waals surface area contributed by atoms with Gasteiger partial charge in [0, 0.05) is 26.2 Å². The Labute approximate surface area is 160 Å². The quantitative estimate of drug-likeness (QED) is 0.821. The van der Waals surface area contributed by atoms with Crippen molar-refractivity contribution in [1.82, 2.24) is 15.2 Å². The van der Waals surface area contributed by atoms with E-state index >= 15 is 0 Å². The van der Waals surface area contributed by atoms with Crippen LogP contribution >= 0.6 is 0 Å². The number of anilines is 2. The third-order valence-electron chi connectivity index (χ3n) is 5.47. The normalized spacial score (nSPS) is 17.3. The van der Waals surface area contributed by atoms with Gasteiger partial charge >= 0.3 is 0 Å². The average Bonchev–Trinajstić information content (AvgIpc) is 3.02. The Kier molecular flexibility index (Phi) is 5.27. The highest BCUT2D eigenvalue weighted by molar-refractivity contribution is 5.52. The van der Waals surface area contributed by atoms with Gasteiger partial charge in [0.25, 0.3) is 0 Å². The highest BCUT2D eigenvalue weighted by Crippen LogP contribution is 2.34. The van der Waals surface area contributed by atoms with E-state index in [0.29, 0.717) is 0 Å². The van der Waals surface area contributed by atoms with Gasteiger partial charge in [-0.2, -0.15) is 10.1 Å². The average molecular weight is 369 g/mol. The highest BCUT2D eigenvalue weighted by atomic mass is 16.5. The second-order valence-electron chi connectivity index (χ2n) is 7.16. The zero-order valence-corrected chi connectivity index (χ0v) is 16.1. The van der Waals surface area contributed by atoms with Crippen molar-refractivity contribution in [2.45, 2.75) is 38.6 Å². The Hall–Kier alpha value is -2.57. The van der Waals surface area contributed by atoms with E-state index in [2.05, 4.69) is 32.1 Å². The van der Waals surface area contributed by atoms with Gasteiger partial charge < -0.3 is 19.3 Å². The first kappa shape index (κ1) is 17.8. The summed E-state index contributed by atoms with van der Waals surface area (Å²) in [7, 11) is 3.35. The van der Waals surface area contributed by atoms with Crippen LogP contribution in [0.1, 0.15) is 36.8 Å². The number of methoxy groups -OCH3 is 2. The zero-order valence-electron chi connectivity index (χ0n) is 16.1. The molecule has 144 valence electrons. The fourth-order valence-electron chi connectivity index (χ4n) is 3.92. The van der Waals surface area contributed by atoms with Gasteiger partial charge in [0.1, 0.15) is 0 Å². The van der Waals surface area contributed by atoms with Crippen molar-refractivity contribution < 1.29 is 9.47 Å². The molecule has 4 rings (SSSR count). The van der Waals surface area contributed by atoms with Crippen molar-refractivity contribution in [3.63, 3.8) is 0 Å². The zero-order chi connectivity index (χ0) is 18.6. The maximum atomic E-state index is 5.47. The fourth-order valence-corrected chi connectivity index (χ4v) is 3.92. The molecule has 27 heavy (non-hydrogen) atoms. The van der Waals surface area contributed by atoms with Crippen LogP contribution in [0.5, 0.6) is 11.5 Å². The number of fused-ring (bicyclic) bond motifs is 1. The summed E-state index contributed by atoms with van der Waals surface area (Å²) in [6, 6.07) is 4.16. The monoisotopic (exact) mass is 369 g/mol. The Morgan fingerprint density at radius 1 is 0.852 bits per heavy atom. The Morgan fingerprint density at radius 2 is 1.56 bits per heavy atom. The summed E-state index contributed by atoms with van der Waals surface area (Å²) < 4.78 is 10.9. The van der Waals surface area contributed by atoms with Gasteiger partial charge in [-0.3, -0.25) is 0 Å². The predicted octanol–water partition coefficient (Wildman–Crippen LogP) is 2.83. The van der Waals surface area contributed by atoms with Crippen LogP contribution < -0.4 is 19.3 Å². The van der Waals surface area contributed by atoms with Gasteiger partial charge in [-0.05, 0) is 42.5 Å². The van der Waals surface area contributed by atoms with Crippen LogP contribution in [0.15, 0.2) is 18.3 Å². The Bertz CT molecular complexity index is 790. The van der Waals surface area contributed by atoms with Crippen molar-refractivity contribution in [3.8, 4) is 11.5 Å². The summed E-state index contributed by atoms with van der Waals surface area (Å²) in [4.78, 5) is 9.37. The third kappa shape index (κ3) is 3.77. The van der Waals surface area contributed by atoms with E-state index in [1.807, 2.05) is 0 Å². The van der Waals surface area contributed by atoms with Gasteiger partial charge in [0.15, 0.2) is 17.3 Å². The van der Waals surface area contributed by atoms with E-state index in [-0.39, 0.29) is 0 Å². The van der Waals surface area contributed by atoms with E-state index in [4.69, 9.17) is 14.5 Å². The first-order valence-electron chi connectivity index (χ1n) is 9.72. The molecule has 0 saturated carbocycles. The number of hydrogen-bond donors (Lipinski definition) is 0. The van der Waals surface area contributed by atoms with Crippen molar-refractivity contribution in [2.24, 2.45) is 0 Å². The van der Waals surface area contributed by atoms with Crippen molar-refractivity contribution >= 4 is 11.8 Å². The number of nitrogens with zero attached hydrogens (tertiary/aromatic N) is 5. The summed E-state index contributed by atoms with van der Waals surface area (Å²) in [6.45, 7) is 3.73. The molecule has 1 saturated heterocycles. The van der Waals surface area contributed by atoms with Gasteiger partial charge in [-0.25, -0.2) is 0 Å². The molecule has 7 heteroatoms. The van der Waals surface area contributed by atoms with Crippen LogP contribution in [0.3, 0.4) is 0 Å². The number of hydrogen-bond acceptors (Lipinski definition) is 7. The first-order valence-corrected chi connectivity index (χ1v) is 9.72. The van der Waals surface area contributed by atoms with Crippen molar-refractivity contribution in [3.05, 3.63) is 29.5 Å². The predicted molar refractivity (Wildman–Crippen MR) is 105 cm³/mol. The minimum Gasteiger partial charge on any atom is -0.493 e. The molecule has 0 radical (unpaired) electrons. The molecule has 0 aliphatic carbocycles. The third-order valence-corrected chi connectivity index (χ3v) is 5.47. The minimum atomic E-state index is 0.757. The van der Waals surface area contributed by atoms with Gasteiger partial charge in [-0.15, -0.1) is 5.10 Å². The van der Waals surface area contributed by atoms with E-state index in [0.717, 1.165) is 55.9 Å². The lowest BCUT2D eigenvalue weighted by Gasteiger charge is -2.30. The lowest BCUT2D eigenvalue weighted by atomic mass is 9.99. The lowest BCUT2D eigenvalue weighted by molar-refractivity contribution is 0.353. The van der Waals surface area contributed by atoms with Crippen LogP contribution in [0.25, 0.3) is 0 Å². The molecule has 1 aromatic heterocycles. The molecule has 2 aliphatic heterocycles. The molecule has 1 aromatic carbocycles. The van der Waals surface area contributed by atoms with E-state index in [1.54, 1.807) is 20.4 Å². The first-order chi connectivity index (χ1) is 13.3. The summed E-state index contributed by atoms with van der Waals surface area (Å²) in [5, 5.41) is 8.54. The molecule has 0 unspecified atom stereocenters. The van der Waals surface area contributed by atoms with Gasteiger partial charge in [-0.1, -0.05) is 12.8 Å². The van der Waals surface area contributed by atoms with Gasteiger partial charge in [0.05, 0.1) is 20.4 Å². The number of benzene rings is 1. The summed E-state index contributed by atoms with van der Waals surface area (Å²) >= 11 is 0. The summed E-state index contributed by atoms with van der Waals surface area (Å²) in [5.74, 6) is 3.21. The smallest absolute Gasteiger partial charge is 0.247 e. The molecular formula is C20H27N5O2. The molecule has 0 bridgehead atoms. The van der Waals surface area contributed by atoms with Crippen LogP contribution in [0, 0.1) is 0 Å². The van der Waals surface area contributed by atoms with E-state index in [9.17, 15) is 0 Å². The highest BCUT2D eigenvalue weighted by Gasteiger charge is 2.22. The second kappa shape index (κ2) is 7.98. The molecule has 2 aromatic rings. The standard InChI is InChI=1S/C20H27N5O2/c1-26-17-11-15-7-10-25(14-16(15)12-18(17)27-2)19-13-21-23-20(22-19)24-8-5-3-4-6-9-24/h11-13H,3-10,14H2,1-2H3. The summed E-state index contributed by atoms with van der Waals surface area (Å²) in [5.41, 5.74) is 2.55. The van der Waals surface area contributed by atoms with Crippen LogP contribution in [0.2, 0.25) is 0 Å². The topological polar surface area (TPSA) is 63.6 Å². The number of rotatable bonds is 4. The van der Waals surface area contributed by atoms with Crippen LogP contribution in [-0.4, -0.2) is 49.0 Å². The SMILES string of the molecule is COc1cc2c(cc1OC)CN(c1cnnc(N3CCCCCC3)n1)CC2. The summed E-state index contributed by atoms with van der Waals surface area (Å²) in [6.07, 6.45) is 7.69. The van der Waals surface area contributed by atoms with E-state index < -0.39 is 0 Å². The fraction of sp³-hybridized carbons (Fsp3) is 0.550. The molecule has 0 atom stereocenters. The molecule has 0 N–H and O–H groups in total. The molecule has 2 aliphatic rings. The second-order valence-corrected chi connectivity index (χ2v) is 7.16. The number of ether oxygens (including phenoxy) is 2. The molecule has 0 amide bonds. The number of aromatic nitrogens is 3. The minimum absolute atomic E-state index is 0.757. The van der Waals surface area contributed by atoms with Crippen molar-refractivity contribution in [2.75, 3.05) is 43.7 Å². The molecule has 1 fully saturated rings. The Balaban J connectivity index is 1.56. The van der Waals surface area contributed by atoms with E-state index in [1.165, 1.54) is 36.8 Å². The van der Waals surface area contributed by atoms with Gasteiger partial charge in [0.2, 0.25) is 5.95 Å². The Morgan fingerprint density at radius 3 is 2.26 bits per heavy atom. The lowest BCUT2D eigenvalue weighted by Crippen LogP contribution is -2.32. The largest absolute Gasteiger partial charge is 0.493 e. The maximum Gasteiger partial charge on any atom is 0.247 e. The molecule has 3 heterocycles. The van der Waals surface area contributed by atoms with Crippen molar-refractivity contribution in [1.29, 1.82) is 0 Å². The molecule has 0 spiro atoms. The molecular weight excluding hydrogens is 342 g/mol.